The van der Waals surface area contributed by atoms with Gasteiger partial charge in [0.25, 0.3) is 0 Å². The fourth-order valence-electron chi connectivity index (χ4n) is 2.47. The molecule has 1 heterocycles. The minimum absolute atomic E-state index is 0.132. The number of piperidine rings is 1. The highest BCUT2D eigenvalue weighted by Gasteiger charge is 2.54. The van der Waals surface area contributed by atoms with Gasteiger partial charge < -0.3 is 14.7 Å². The number of halogens is 1. The van der Waals surface area contributed by atoms with E-state index in [-0.39, 0.29) is 5.92 Å². The van der Waals surface area contributed by atoms with Crippen molar-refractivity contribution in [2.45, 2.75) is 51.1 Å². The summed E-state index contributed by atoms with van der Waals surface area (Å²) in [5.41, 5.74) is -0.566. The fraction of sp³-hybridized carbons (Fsp3) is 0.909. The van der Waals surface area contributed by atoms with Gasteiger partial charge in [-0.05, 0) is 27.2 Å². The highest BCUT2D eigenvalue weighted by molar-refractivity contribution is 5.69. The number of aliphatic hydroxyl groups excluding tert-OH is 1. The molecule has 0 spiro atoms. The van der Waals surface area contributed by atoms with Crippen molar-refractivity contribution in [3.63, 3.8) is 0 Å². The van der Waals surface area contributed by atoms with Gasteiger partial charge in [-0.1, -0.05) is 0 Å². The van der Waals surface area contributed by atoms with Crippen LogP contribution in [0, 0.1) is 5.92 Å². The lowest BCUT2D eigenvalue weighted by Crippen LogP contribution is -2.50. The summed E-state index contributed by atoms with van der Waals surface area (Å²) in [5, 5.41) is 9.47. The van der Waals surface area contributed by atoms with Gasteiger partial charge in [-0.25, -0.2) is 9.18 Å². The Morgan fingerprint density at radius 3 is 2.56 bits per heavy atom. The summed E-state index contributed by atoms with van der Waals surface area (Å²) in [6, 6.07) is -0.505. The van der Waals surface area contributed by atoms with E-state index < -0.39 is 30.0 Å². The SMILES string of the molecule is CC(C)(C)OC(=O)N1CC2CC1[C@H](F)[C@H]2O. The Hall–Kier alpha value is -0.840. The number of hydrogen-bond acceptors (Lipinski definition) is 3. The molecule has 2 rings (SSSR count). The number of ether oxygens (including phenoxy) is 1. The van der Waals surface area contributed by atoms with Crippen molar-refractivity contribution in [3.8, 4) is 0 Å². The number of hydrogen-bond donors (Lipinski definition) is 1. The number of carbonyl (C=O) groups excluding carboxylic acids is 1. The van der Waals surface area contributed by atoms with Crippen molar-refractivity contribution in [2.75, 3.05) is 6.54 Å². The average molecular weight is 231 g/mol. The third-order valence-electron chi connectivity index (χ3n) is 3.18. The third-order valence-corrected chi connectivity index (χ3v) is 3.18. The Balaban J connectivity index is 2.01. The van der Waals surface area contributed by atoms with Gasteiger partial charge in [-0.3, -0.25) is 0 Å². The molecule has 2 unspecified atom stereocenters. The maximum atomic E-state index is 13.6. The lowest BCUT2D eigenvalue weighted by Gasteiger charge is -2.33. The predicted octanol–water partition coefficient (Wildman–Crippen LogP) is 1.32. The summed E-state index contributed by atoms with van der Waals surface area (Å²) in [7, 11) is 0. The molecule has 4 atom stereocenters. The standard InChI is InChI=1S/C11H18FNO3/c1-11(2,3)16-10(15)13-5-6-4-7(13)8(12)9(6)14/h6-9,14H,4-5H2,1-3H3/t6?,7?,8-,9-/m0/s1. The van der Waals surface area contributed by atoms with Gasteiger partial charge in [0.15, 0.2) is 0 Å². The Labute approximate surface area is 94.4 Å². The topological polar surface area (TPSA) is 49.8 Å². The van der Waals surface area contributed by atoms with Gasteiger partial charge in [-0.2, -0.15) is 0 Å². The summed E-state index contributed by atoms with van der Waals surface area (Å²) in [6.45, 7) is 5.74. The molecule has 16 heavy (non-hydrogen) atoms. The summed E-state index contributed by atoms with van der Waals surface area (Å²) < 4.78 is 18.8. The average Bonchev–Trinajstić information content (AvgIpc) is 2.65. The molecule has 1 aliphatic heterocycles. The summed E-state index contributed by atoms with van der Waals surface area (Å²) >= 11 is 0. The minimum Gasteiger partial charge on any atom is -0.444 e. The van der Waals surface area contributed by atoms with Crippen LogP contribution in [0.15, 0.2) is 0 Å². The zero-order valence-corrected chi connectivity index (χ0v) is 9.81. The molecule has 0 aromatic heterocycles. The highest BCUT2D eigenvalue weighted by atomic mass is 19.1. The second kappa shape index (κ2) is 3.58. The van der Waals surface area contributed by atoms with Crippen LogP contribution >= 0.6 is 0 Å². The van der Waals surface area contributed by atoms with E-state index in [1.54, 1.807) is 20.8 Å². The van der Waals surface area contributed by atoms with E-state index in [2.05, 4.69) is 0 Å². The van der Waals surface area contributed by atoms with Gasteiger partial charge in [0.1, 0.15) is 11.8 Å². The molecule has 0 radical (unpaired) electrons. The summed E-state index contributed by atoms with van der Waals surface area (Å²) in [6.07, 6.45) is -2.17. The number of amides is 1. The molecule has 1 aliphatic carbocycles. The van der Waals surface area contributed by atoms with Crippen LogP contribution in [-0.4, -0.2) is 46.6 Å². The van der Waals surface area contributed by atoms with E-state index >= 15 is 0 Å². The molecule has 1 saturated carbocycles. The van der Waals surface area contributed by atoms with Crippen molar-refractivity contribution in [2.24, 2.45) is 5.92 Å². The first-order valence-corrected chi connectivity index (χ1v) is 5.61. The monoisotopic (exact) mass is 231 g/mol. The molecular formula is C11H18FNO3. The number of carbonyl (C=O) groups is 1. The number of rotatable bonds is 0. The number of fused-ring (bicyclic) bond motifs is 2. The second-order valence-electron chi connectivity index (χ2n) is 5.63. The molecule has 1 N–H and O–H groups in total. The van der Waals surface area contributed by atoms with Crippen LogP contribution in [0.3, 0.4) is 0 Å². The minimum atomic E-state index is -1.33. The first-order valence-electron chi connectivity index (χ1n) is 5.61. The smallest absolute Gasteiger partial charge is 0.410 e. The van der Waals surface area contributed by atoms with Crippen molar-refractivity contribution in [1.82, 2.24) is 4.90 Å². The summed E-state index contributed by atoms with van der Waals surface area (Å²) in [5.74, 6) is -0.132. The highest BCUT2D eigenvalue weighted by Crippen LogP contribution is 2.40. The Morgan fingerprint density at radius 1 is 1.50 bits per heavy atom. The maximum absolute atomic E-state index is 13.6. The number of likely N-dealkylation sites (tertiary alicyclic amines) is 1. The zero-order chi connectivity index (χ0) is 12.1. The normalized spacial score (nSPS) is 37.9. The van der Waals surface area contributed by atoms with Gasteiger partial charge in [-0.15, -0.1) is 0 Å². The van der Waals surface area contributed by atoms with Gasteiger partial charge in [0.2, 0.25) is 0 Å². The van der Waals surface area contributed by atoms with Crippen LogP contribution < -0.4 is 0 Å². The lowest BCUT2D eigenvalue weighted by atomic mass is 10.1. The van der Waals surface area contributed by atoms with E-state index in [0.29, 0.717) is 13.0 Å². The van der Waals surface area contributed by atoms with E-state index in [1.807, 2.05) is 0 Å². The summed E-state index contributed by atoms with van der Waals surface area (Å²) in [4.78, 5) is 13.2. The van der Waals surface area contributed by atoms with Crippen molar-refractivity contribution >= 4 is 6.09 Å². The van der Waals surface area contributed by atoms with Crippen molar-refractivity contribution < 1.29 is 19.0 Å². The molecule has 0 aromatic carbocycles. The first-order chi connectivity index (χ1) is 7.29. The van der Waals surface area contributed by atoms with E-state index in [9.17, 15) is 14.3 Å². The molecule has 1 amide bonds. The van der Waals surface area contributed by atoms with Crippen molar-refractivity contribution in [3.05, 3.63) is 0 Å². The Bertz CT molecular complexity index is 300. The predicted molar refractivity (Wildman–Crippen MR) is 55.7 cm³/mol. The van der Waals surface area contributed by atoms with Crippen LogP contribution in [0.4, 0.5) is 9.18 Å². The number of aliphatic hydroxyl groups is 1. The van der Waals surface area contributed by atoms with Crippen LogP contribution in [0.5, 0.6) is 0 Å². The second-order valence-corrected chi connectivity index (χ2v) is 5.63. The number of nitrogens with zero attached hydrogens (tertiary/aromatic N) is 1. The molecule has 2 fully saturated rings. The van der Waals surface area contributed by atoms with E-state index in [0.717, 1.165) is 0 Å². The molecule has 4 nitrogen and oxygen atoms in total. The largest absolute Gasteiger partial charge is 0.444 e. The van der Waals surface area contributed by atoms with Gasteiger partial charge >= 0.3 is 6.09 Å². The first kappa shape index (κ1) is 11.6. The third kappa shape index (κ3) is 1.88. The lowest BCUT2D eigenvalue weighted by molar-refractivity contribution is -0.0215. The van der Waals surface area contributed by atoms with E-state index in [4.69, 9.17) is 4.74 Å². The van der Waals surface area contributed by atoms with Crippen LogP contribution in [0.1, 0.15) is 27.2 Å². The molecule has 5 heteroatoms. The Kier molecular flexibility index (Phi) is 2.61. The number of alkyl halides is 1. The molecule has 1 saturated heterocycles. The van der Waals surface area contributed by atoms with Crippen molar-refractivity contribution in [1.29, 1.82) is 0 Å². The van der Waals surface area contributed by atoms with Crippen LogP contribution in [-0.2, 0) is 4.74 Å². The Morgan fingerprint density at radius 2 is 2.12 bits per heavy atom. The molecule has 2 aliphatic rings. The molecule has 2 bridgehead atoms. The molecular weight excluding hydrogens is 213 g/mol. The molecule has 0 aromatic rings. The molecule has 92 valence electrons. The van der Waals surface area contributed by atoms with Crippen LogP contribution in [0.25, 0.3) is 0 Å². The van der Waals surface area contributed by atoms with Gasteiger partial charge in [0.05, 0.1) is 12.1 Å². The van der Waals surface area contributed by atoms with E-state index in [1.165, 1.54) is 4.90 Å². The quantitative estimate of drug-likeness (QED) is 0.684. The zero-order valence-electron chi connectivity index (χ0n) is 9.81. The fourth-order valence-corrected chi connectivity index (χ4v) is 2.47. The maximum Gasteiger partial charge on any atom is 0.410 e. The van der Waals surface area contributed by atoms with Gasteiger partial charge in [0, 0.05) is 12.5 Å². The van der Waals surface area contributed by atoms with Crippen LogP contribution in [0.2, 0.25) is 0 Å².